The van der Waals surface area contributed by atoms with Gasteiger partial charge in [0.05, 0.1) is 6.21 Å². The molecule has 0 radical (unpaired) electrons. The monoisotopic (exact) mass is 438 g/mol. The van der Waals surface area contributed by atoms with Gasteiger partial charge in [0.15, 0.2) is 0 Å². The first-order chi connectivity index (χ1) is 14.3. The van der Waals surface area contributed by atoms with E-state index in [4.69, 9.17) is 0 Å². The molecule has 0 bridgehead atoms. The molecule has 1 heterocycles. The van der Waals surface area contributed by atoms with E-state index in [0.717, 1.165) is 10.6 Å². The molecule has 0 saturated carbocycles. The van der Waals surface area contributed by atoms with Crippen LogP contribution in [0.2, 0.25) is 0 Å². The third-order valence-corrected chi connectivity index (χ3v) is 3.92. The molecule has 0 fully saturated rings. The van der Waals surface area contributed by atoms with Crippen molar-refractivity contribution in [3.05, 3.63) is 132 Å². The van der Waals surface area contributed by atoms with Gasteiger partial charge in [0.1, 0.15) is 0 Å². The Balaban J connectivity index is 0.000000468. The molecule has 3 aromatic rings. The quantitative estimate of drug-likeness (QED) is 0.208. The smallest absolute Gasteiger partial charge is 0.281 e. The van der Waals surface area contributed by atoms with E-state index >= 15 is 0 Å². The zero-order chi connectivity index (χ0) is 20.3. The third kappa shape index (κ3) is 6.48. The molecule has 1 aromatic heterocycles. The van der Waals surface area contributed by atoms with Gasteiger partial charge in [-0.1, -0.05) is 42.5 Å². The van der Waals surface area contributed by atoms with Gasteiger partial charge in [0, 0.05) is 40.6 Å². The molecule has 1 amide bonds. The van der Waals surface area contributed by atoms with Gasteiger partial charge in [0.25, 0.3) is 5.91 Å². The van der Waals surface area contributed by atoms with Gasteiger partial charge in [-0.15, -0.1) is 0 Å². The average Bonchev–Trinajstić information content (AvgIpc) is 3.52. The molecular weight excluding hydrogens is 418 g/mol. The maximum Gasteiger partial charge on any atom is 0.281 e. The number of allylic oxidation sites excluding steroid dienone is 5. The molecule has 0 saturated heterocycles. The fraction of sp³-hybridized carbons (Fsp3) is 0. The second kappa shape index (κ2) is 12.1. The van der Waals surface area contributed by atoms with Gasteiger partial charge in [0.2, 0.25) is 5.88 Å². The number of benzene rings is 1. The third-order valence-electron chi connectivity index (χ3n) is 3.92. The van der Waals surface area contributed by atoms with E-state index in [1.54, 1.807) is 36.4 Å². The van der Waals surface area contributed by atoms with Crippen LogP contribution in [0.15, 0.2) is 126 Å². The summed E-state index contributed by atoms with van der Waals surface area (Å²) in [7, 11) is 0. The number of hydrogen-bond acceptors (Lipinski definition) is 4. The predicted octanol–water partition coefficient (Wildman–Crippen LogP) is 4.86. The van der Waals surface area contributed by atoms with Gasteiger partial charge < -0.3 is 5.11 Å². The molecule has 1 aliphatic carbocycles. The molecule has 0 atom stereocenters. The van der Waals surface area contributed by atoms with E-state index in [1.165, 1.54) is 18.6 Å². The second-order valence-corrected chi connectivity index (χ2v) is 5.97. The molecule has 2 aromatic carbocycles. The van der Waals surface area contributed by atoms with Crippen LogP contribution in [0.3, 0.4) is 0 Å². The van der Waals surface area contributed by atoms with Crippen molar-refractivity contribution in [2.24, 2.45) is 5.10 Å². The fourth-order valence-electron chi connectivity index (χ4n) is 2.45. The van der Waals surface area contributed by atoms with E-state index in [1.807, 2.05) is 60.7 Å². The van der Waals surface area contributed by atoms with Crippen molar-refractivity contribution in [2.75, 3.05) is 0 Å². The SMILES string of the molecule is O=C(c1ccncc1)N(N=Cc1ccccc1)C(O)=C1C=CC=C1.[Fe].c1cc[cH-]c1. The van der Waals surface area contributed by atoms with Crippen LogP contribution in [0.4, 0.5) is 0 Å². The summed E-state index contributed by atoms with van der Waals surface area (Å²) in [5.74, 6) is -0.669. The number of amides is 1. The molecule has 1 N–H and O–H groups in total. The van der Waals surface area contributed by atoms with Crippen LogP contribution in [-0.4, -0.2) is 27.2 Å². The zero-order valence-corrected chi connectivity index (χ0v) is 17.1. The maximum absolute atomic E-state index is 12.7. The molecule has 4 rings (SSSR count). The normalized spacial score (nSPS) is 11.5. The number of aliphatic hydroxyl groups is 1. The minimum absolute atomic E-state index is 0. The standard InChI is InChI=1S/C19H15N3O2.C5H5.Fe/c23-18(16-8-4-5-9-16)22(19(24)17-10-12-20-13-11-17)21-14-15-6-2-1-3-7-15;1-2-4-5-3-1;/h1-14,23H;1-5H;/q;-1;. The van der Waals surface area contributed by atoms with Crippen LogP contribution in [0.25, 0.3) is 0 Å². The number of hydrazone groups is 1. The Morgan fingerprint density at radius 3 is 2.17 bits per heavy atom. The summed E-state index contributed by atoms with van der Waals surface area (Å²) in [6.07, 6.45) is 11.5. The number of rotatable bonds is 4. The zero-order valence-electron chi connectivity index (χ0n) is 16.0. The first kappa shape index (κ1) is 22.7. The summed E-state index contributed by atoms with van der Waals surface area (Å²) in [6, 6.07) is 22.5. The van der Waals surface area contributed by atoms with Crippen molar-refractivity contribution in [3.8, 4) is 0 Å². The number of carbonyl (C=O) groups excluding carboxylic acids is 1. The molecule has 30 heavy (non-hydrogen) atoms. The minimum Gasteiger partial charge on any atom is -0.493 e. The van der Waals surface area contributed by atoms with Crippen LogP contribution < -0.4 is 0 Å². The Labute approximate surface area is 186 Å². The van der Waals surface area contributed by atoms with Gasteiger partial charge in [-0.05, 0) is 29.8 Å². The Bertz CT molecular complexity index is 994. The molecule has 5 nitrogen and oxygen atoms in total. The van der Waals surface area contributed by atoms with Crippen molar-refractivity contribution in [1.82, 2.24) is 9.99 Å². The van der Waals surface area contributed by atoms with Crippen LogP contribution in [0.5, 0.6) is 0 Å². The fourth-order valence-corrected chi connectivity index (χ4v) is 2.45. The summed E-state index contributed by atoms with van der Waals surface area (Å²) in [6.45, 7) is 0. The van der Waals surface area contributed by atoms with Gasteiger partial charge >= 0.3 is 0 Å². The molecule has 1 aliphatic rings. The van der Waals surface area contributed by atoms with Crippen LogP contribution >= 0.6 is 0 Å². The summed E-state index contributed by atoms with van der Waals surface area (Å²) in [5.41, 5.74) is 1.72. The predicted molar refractivity (Wildman–Crippen MR) is 114 cm³/mol. The number of aromatic nitrogens is 1. The number of aliphatic hydroxyl groups excluding tert-OH is 1. The first-order valence-corrected chi connectivity index (χ1v) is 9.04. The van der Waals surface area contributed by atoms with Crippen LogP contribution in [0.1, 0.15) is 15.9 Å². The molecule has 0 spiro atoms. The molecule has 0 aliphatic heterocycles. The Morgan fingerprint density at radius 2 is 1.60 bits per heavy atom. The summed E-state index contributed by atoms with van der Waals surface area (Å²) < 4.78 is 0. The largest absolute Gasteiger partial charge is 0.493 e. The van der Waals surface area contributed by atoms with E-state index in [-0.39, 0.29) is 23.0 Å². The van der Waals surface area contributed by atoms with Crippen molar-refractivity contribution in [1.29, 1.82) is 0 Å². The van der Waals surface area contributed by atoms with Gasteiger partial charge in [-0.2, -0.15) is 28.3 Å². The van der Waals surface area contributed by atoms with Crippen LogP contribution in [0, 0.1) is 0 Å². The van der Waals surface area contributed by atoms with Crippen molar-refractivity contribution >= 4 is 12.1 Å². The summed E-state index contributed by atoms with van der Waals surface area (Å²) in [4.78, 5) is 16.6. The average molecular weight is 438 g/mol. The number of nitrogens with zero attached hydrogens (tertiary/aromatic N) is 3. The molecular formula is C24H20FeN3O2-. The molecule has 0 unspecified atom stereocenters. The number of carbonyl (C=O) groups is 1. The molecule has 152 valence electrons. The second-order valence-electron chi connectivity index (χ2n) is 5.97. The van der Waals surface area contributed by atoms with E-state index in [2.05, 4.69) is 10.1 Å². The Morgan fingerprint density at radius 1 is 0.967 bits per heavy atom. The van der Waals surface area contributed by atoms with E-state index < -0.39 is 5.91 Å². The molecule has 6 heteroatoms. The summed E-state index contributed by atoms with van der Waals surface area (Å²) >= 11 is 0. The van der Waals surface area contributed by atoms with Crippen LogP contribution in [-0.2, 0) is 17.1 Å². The Kier molecular flexibility index (Phi) is 9.12. The topological polar surface area (TPSA) is 65.8 Å². The maximum atomic E-state index is 12.7. The van der Waals surface area contributed by atoms with Gasteiger partial charge in [-0.25, -0.2) is 12.1 Å². The Hall–Kier alpha value is -3.60. The van der Waals surface area contributed by atoms with E-state index in [9.17, 15) is 9.90 Å². The van der Waals surface area contributed by atoms with Gasteiger partial charge in [-0.3, -0.25) is 9.78 Å². The number of hydrogen-bond donors (Lipinski definition) is 1. The first-order valence-electron chi connectivity index (χ1n) is 9.04. The number of pyridine rings is 1. The van der Waals surface area contributed by atoms with Crippen molar-refractivity contribution in [3.63, 3.8) is 0 Å². The summed E-state index contributed by atoms with van der Waals surface area (Å²) in [5, 5.41) is 15.6. The van der Waals surface area contributed by atoms with Crippen molar-refractivity contribution < 1.29 is 27.0 Å². The van der Waals surface area contributed by atoms with E-state index in [0.29, 0.717) is 11.1 Å². The minimum atomic E-state index is -0.441. The van der Waals surface area contributed by atoms with Crippen molar-refractivity contribution in [2.45, 2.75) is 0 Å².